The summed E-state index contributed by atoms with van der Waals surface area (Å²) in [6.07, 6.45) is 1.21. The van der Waals surface area contributed by atoms with E-state index in [-0.39, 0.29) is 18.1 Å². The highest BCUT2D eigenvalue weighted by Crippen LogP contribution is 2.17. The number of anilines is 1. The monoisotopic (exact) mass is 242 g/mol. The number of imidazole rings is 1. The number of carbonyl (C=O) groups is 2. The summed E-state index contributed by atoms with van der Waals surface area (Å²) in [6.45, 7) is -0.772. The standard InChI is InChI=1S/C8H11FN6O2/c1-10-7(16)5-6-12-13-15(3-2-9)8(17)14(6)4-11-5/h4,12-13H,2-3H2,1H3,(H,10,16). The molecule has 17 heavy (non-hydrogen) atoms. The van der Waals surface area contributed by atoms with Crippen LogP contribution in [-0.2, 0) is 0 Å². The first-order valence-electron chi connectivity index (χ1n) is 4.88. The van der Waals surface area contributed by atoms with Crippen LogP contribution in [0.25, 0.3) is 0 Å². The van der Waals surface area contributed by atoms with Gasteiger partial charge in [-0.15, -0.1) is 5.53 Å². The number of aromatic nitrogens is 2. The van der Waals surface area contributed by atoms with Gasteiger partial charge in [-0.2, -0.15) is 0 Å². The summed E-state index contributed by atoms with van der Waals surface area (Å²) in [6, 6.07) is -0.501. The Morgan fingerprint density at radius 1 is 1.65 bits per heavy atom. The molecule has 9 heteroatoms. The van der Waals surface area contributed by atoms with E-state index in [1.54, 1.807) is 0 Å². The zero-order valence-corrected chi connectivity index (χ0v) is 9.03. The van der Waals surface area contributed by atoms with E-state index in [0.717, 1.165) is 9.58 Å². The van der Waals surface area contributed by atoms with Crippen molar-refractivity contribution in [3.05, 3.63) is 12.0 Å². The molecule has 0 spiro atoms. The van der Waals surface area contributed by atoms with Crippen LogP contribution in [0.4, 0.5) is 15.0 Å². The first-order chi connectivity index (χ1) is 8.19. The molecule has 0 aliphatic carbocycles. The van der Waals surface area contributed by atoms with Crippen molar-refractivity contribution in [1.29, 1.82) is 0 Å². The van der Waals surface area contributed by atoms with Crippen molar-refractivity contribution in [2.45, 2.75) is 0 Å². The van der Waals surface area contributed by atoms with Crippen molar-refractivity contribution in [3.63, 3.8) is 0 Å². The van der Waals surface area contributed by atoms with E-state index in [1.165, 1.54) is 13.4 Å². The van der Waals surface area contributed by atoms with E-state index in [9.17, 15) is 14.0 Å². The maximum absolute atomic E-state index is 12.2. The highest BCUT2D eigenvalue weighted by Gasteiger charge is 2.28. The number of hydrogen-bond donors (Lipinski definition) is 3. The molecule has 1 aliphatic heterocycles. The molecule has 0 saturated heterocycles. The molecule has 0 fully saturated rings. The summed E-state index contributed by atoms with van der Waals surface area (Å²) in [4.78, 5) is 27.0. The lowest BCUT2D eigenvalue weighted by Crippen LogP contribution is -2.53. The number of hydrogen-bond acceptors (Lipinski definition) is 5. The third kappa shape index (κ3) is 1.80. The number of hydrazine groups is 2. The quantitative estimate of drug-likeness (QED) is 0.653. The Bertz CT molecular complexity index is 459. The molecule has 0 atom stereocenters. The maximum Gasteiger partial charge on any atom is 0.346 e. The van der Waals surface area contributed by atoms with Gasteiger partial charge in [-0.05, 0) is 0 Å². The number of nitrogens with one attached hydrogen (secondary N) is 3. The normalized spacial score (nSPS) is 14.2. The van der Waals surface area contributed by atoms with E-state index in [4.69, 9.17) is 0 Å². The van der Waals surface area contributed by atoms with E-state index >= 15 is 0 Å². The van der Waals surface area contributed by atoms with Gasteiger partial charge in [0.1, 0.15) is 13.0 Å². The summed E-state index contributed by atoms with van der Waals surface area (Å²) in [7, 11) is 1.46. The number of alkyl halides is 1. The highest BCUT2D eigenvalue weighted by atomic mass is 19.1. The van der Waals surface area contributed by atoms with E-state index in [1.807, 2.05) is 0 Å². The number of rotatable bonds is 3. The van der Waals surface area contributed by atoms with Gasteiger partial charge in [0, 0.05) is 7.05 Å². The summed E-state index contributed by atoms with van der Waals surface area (Å²) in [5.41, 5.74) is 5.20. The highest BCUT2D eigenvalue weighted by molar-refractivity contribution is 5.99. The lowest BCUT2D eigenvalue weighted by Gasteiger charge is -2.28. The molecule has 3 N–H and O–H groups in total. The van der Waals surface area contributed by atoms with Gasteiger partial charge in [-0.25, -0.2) is 23.7 Å². The van der Waals surface area contributed by atoms with Crippen LogP contribution in [0.5, 0.6) is 0 Å². The van der Waals surface area contributed by atoms with Crippen molar-refractivity contribution in [3.8, 4) is 0 Å². The van der Waals surface area contributed by atoms with Crippen molar-refractivity contribution in [2.75, 3.05) is 25.7 Å². The van der Waals surface area contributed by atoms with Crippen LogP contribution in [-0.4, -0.2) is 46.8 Å². The smallest absolute Gasteiger partial charge is 0.346 e. The molecule has 8 nitrogen and oxygen atoms in total. The molecule has 2 amide bonds. The first kappa shape index (κ1) is 11.3. The fraction of sp³-hybridized carbons (Fsp3) is 0.375. The lowest BCUT2D eigenvalue weighted by atomic mass is 10.4. The summed E-state index contributed by atoms with van der Waals surface area (Å²) >= 11 is 0. The van der Waals surface area contributed by atoms with Crippen LogP contribution in [0, 0.1) is 0 Å². The Kier molecular flexibility index (Phi) is 2.91. The van der Waals surface area contributed by atoms with Crippen LogP contribution in [0.1, 0.15) is 10.5 Å². The summed E-state index contributed by atoms with van der Waals surface area (Å²) in [5.74, 6) is -0.191. The van der Waals surface area contributed by atoms with Gasteiger partial charge in [0.05, 0.1) is 6.54 Å². The minimum Gasteiger partial charge on any atom is -0.354 e. The predicted molar refractivity (Wildman–Crippen MR) is 55.9 cm³/mol. The molecule has 2 rings (SSSR count). The fourth-order valence-corrected chi connectivity index (χ4v) is 1.43. The number of nitrogens with zero attached hydrogens (tertiary/aromatic N) is 3. The van der Waals surface area contributed by atoms with Crippen LogP contribution in [0.3, 0.4) is 0 Å². The largest absolute Gasteiger partial charge is 0.354 e. The van der Waals surface area contributed by atoms with Gasteiger partial charge in [-0.3, -0.25) is 10.2 Å². The minimum absolute atomic E-state index is 0.0910. The van der Waals surface area contributed by atoms with E-state index < -0.39 is 18.6 Å². The lowest BCUT2D eigenvalue weighted by molar-refractivity contribution is 0.0959. The Balaban J connectivity index is 2.30. The van der Waals surface area contributed by atoms with Gasteiger partial charge < -0.3 is 5.32 Å². The fourth-order valence-electron chi connectivity index (χ4n) is 1.43. The third-order valence-corrected chi connectivity index (χ3v) is 2.26. The number of halogens is 1. The average Bonchev–Trinajstić information content (AvgIpc) is 2.76. The van der Waals surface area contributed by atoms with Crippen LogP contribution >= 0.6 is 0 Å². The van der Waals surface area contributed by atoms with Crippen LogP contribution in [0.15, 0.2) is 6.33 Å². The first-order valence-corrected chi connectivity index (χ1v) is 4.88. The number of fused-ring (bicyclic) bond motifs is 1. The van der Waals surface area contributed by atoms with Crippen molar-refractivity contribution in [1.82, 2.24) is 25.4 Å². The second-order valence-corrected chi connectivity index (χ2v) is 3.25. The molecule has 0 bridgehead atoms. The zero-order chi connectivity index (χ0) is 12.4. The van der Waals surface area contributed by atoms with Crippen LogP contribution in [0.2, 0.25) is 0 Å². The average molecular weight is 242 g/mol. The summed E-state index contributed by atoms with van der Waals surface area (Å²) in [5, 5.41) is 3.45. The maximum atomic E-state index is 12.2. The molecular formula is C8H11FN6O2. The van der Waals surface area contributed by atoms with Crippen molar-refractivity contribution in [2.24, 2.45) is 0 Å². The van der Waals surface area contributed by atoms with Gasteiger partial charge in [0.25, 0.3) is 5.91 Å². The Labute approximate surface area is 95.7 Å². The van der Waals surface area contributed by atoms with Gasteiger partial charge in [0.2, 0.25) is 0 Å². The second-order valence-electron chi connectivity index (χ2n) is 3.25. The third-order valence-electron chi connectivity index (χ3n) is 2.26. The van der Waals surface area contributed by atoms with E-state index in [2.05, 4.69) is 21.3 Å². The van der Waals surface area contributed by atoms with Gasteiger partial charge in [0.15, 0.2) is 11.5 Å². The Morgan fingerprint density at radius 2 is 2.41 bits per heavy atom. The van der Waals surface area contributed by atoms with Gasteiger partial charge >= 0.3 is 6.03 Å². The van der Waals surface area contributed by atoms with E-state index in [0.29, 0.717) is 0 Å². The Morgan fingerprint density at radius 3 is 3.06 bits per heavy atom. The Hall–Kier alpha value is -2.16. The molecule has 0 saturated carbocycles. The van der Waals surface area contributed by atoms with Crippen LogP contribution < -0.4 is 16.3 Å². The minimum atomic E-state index is -0.674. The van der Waals surface area contributed by atoms with Crippen molar-refractivity contribution >= 4 is 17.8 Å². The number of amides is 2. The summed E-state index contributed by atoms with van der Waals surface area (Å²) < 4.78 is 13.3. The predicted octanol–water partition coefficient (Wildman–Crippen LogP) is -0.673. The molecule has 1 aliphatic rings. The molecule has 1 aromatic rings. The number of carbonyl (C=O) groups excluding carboxylic acids is 2. The molecule has 0 unspecified atom stereocenters. The second kappa shape index (κ2) is 4.37. The zero-order valence-electron chi connectivity index (χ0n) is 9.03. The van der Waals surface area contributed by atoms with Gasteiger partial charge in [-0.1, -0.05) is 0 Å². The molecular weight excluding hydrogens is 231 g/mol. The molecule has 1 aromatic heterocycles. The topological polar surface area (TPSA) is 91.3 Å². The molecule has 2 heterocycles. The molecule has 0 radical (unpaired) electrons. The molecule has 0 aromatic carbocycles. The van der Waals surface area contributed by atoms with Crippen molar-refractivity contribution < 1.29 is 14.0 Å². The SMILES string of the molecule is CNC(=O)c1ncn2c1NNN(CCF)C2=O. The molecule has 92 valence electrons.